The molecule has 1 aromatic heterocycles. The van der Waals surface area contributed by atoms with Gasteiger partial charge in [0.05, 0.1) is 0 Å². The van der Waals surface area contributed by atoms with Crippen LogP contribution in [0.3, 0.4) is 0 Å². The van der Waals surface area contributed by atoms with E-state index >= 15 is 4.39 Å². The summed E-state index contributed by atoms with van der Waals surface area (Å²) in [7, 11) is 0. The Kier molecular flexibility index (Phi) is 6.14. The third kappa shape index (κ3) is 4.97. The first-order valence-corrected chi connectivity index (χ1v) is 10.2. The smallest absolute Gasteiger partial charge is 0.425 e. The maximum Gasteiger partial charge on any atom is 0.425 e. The monoisotopic (exact) mass is 459 g/mol. The van der Waals surface area contributed by atoms with Gasteiger partial charge < -0.3 is 9.47 Å². The molecule has 0 spiro atoms. The van der Waals surface area contributed by atoms with Crippen LogP contribution < -0.4 is 10.4 Å². The lowest BCUT2D eigenvalue weighted by Gasteiger charge is -2.23. The first-order valence-electron chi connectivity index (χ1n) is 10.2. The highest BCUT2D eigenvalue weighted by Gasteiger charge is 2.39. The molecule has 0 aliphatic heterocycles. The molecule has 176 valence electrons. The normalized spacial score (nSPS) is 15.5. The van der Waals surface area contributed by atoms with E-state index in [0.29, 0.717) is 18.4 Å². The number of nitrogens with zero attached hydrogens (tertiary/aromatic N) is 3. The van der Waals surface area contributed by atoms with Crippen LogP contribution in [0.4, 0.5) is 17.6 Å². The number of carbonyl (C=O) groups excluding carboxylic acids is 1. The molecule has 0 radical (unpaired) electrons. The van der Waals surface area contributed by atoms with Crippen LogP contribution in [0.1, 0.15) is 69.6 Å². The van der Waals surface area contributed by atoms with Crippen molar-refractivity contribution in [2.45, 2.75) is 77.8 Å². The van der Waals surface area contributed by atoms with Gasteiger partial charge in [0, 0.05) is 18.5 Å². The van der Waals surface area contributed by atoms with E-state index < -0.39 is 52.4 Å². The molecule has 1 fully saturated rings. The highest BCUT2D eigenvalue weighted by Crippen LogP contribution is 2.39. The molecule has 11 heteroatoms. The van der Waals surface area contributed by atoms with E-state index in [4.69, 9.17) is 9.47 Å². The van der Waals surface area contributed by atoms with Crippen LogP contribution in [0.15, 0.2) is 16.9 Å². The summed E-state index contributed by atoms with van der Waals surface area (Å²) >= 11 is 0. The zero-order valence-electron chi connectivity index (χ0n) is 18.4. The maximum atomic E-state index is 15.0. The second kappa shape index (κ2) is 8.25. The van der Waals surface area contributed by atoms with Crippen molar-refractivity contribution in [1.82, 2.24) is 14.3 Å². The minimum absolute atomic E-state index is 0.0777. The van der Waals surface area contributed by atoms with Crippen molar-refractivity contribution in [3.05, 3.63) is 39.8 Å². The third-order valence-electron chi connectivity index (χ3n) is 4.81. The first kappa shape index (κ1) is 23.8. The predicted molar refractivity (Wildman–Crippen MR) is 107 cm³/mol. The Bertz CT molecular complexity index is 1080. The van der Waals surface area contributed by atoms with E-state index in [1.54, 1.807) is 27.7 Å². The Morgan fingerprint density at radius 3 is 2.38 bits per heavy atom. The predicted octanol–water partition coefficient (Wildman–Crippen LogP) is 4.36. The molecule has 1 atom stereocenters. The number of aromatic nitrogens is 3. The van der Waals surface area contributed by atoms with Gasteiger partial charge >= 0.3 is 17.8 Å². The zero-order valence-corrected chi connectivity index (χ0v) is 18.4. The average molecular weight is 459 g/mol. The summed E-state index contributed by atoms with van der Waals surface area (Å²) in [4.78, 5) is 25.3. The number of esters is 1. The summed E-state index contributed by atoms with van der Waals surface area (Å²) in [5, 5.41) is 4.21. The van der Waals surface area contributed by atoms with Gasteiger partial charge in [0.15, 0.2) is 6.10 Å². The second-order valence-electron chi connectivity index (χ2n) is 8.67. The van der Waals surface area contributed by atoms with Crippen molar-refractivity contribution in [3.63, 3.8) is 0 Å². The van der Waals surface area contributed by atoms with Crippen molar-refractivity contribution < 1.29 is 31.8 Å². The fraction of sp³-hybridized carbons (Fsp3) is 0.571. The van der Waals surface area contributed by atoms with Crippen LogP contribution >= 0.6 is 0 Å². The molecule has 1 aromatic carbocycles. The van der Waals surface area contributed by atoms with Gasteiger partial charge in [-0.1, -0.05) is 0 Å². The van der Waals surface area contributed by atoms with Gasteiger partial charge in [-0.15, -0.1) is 5.10 Å². The number of hydrogen-bond acceptors (Lipinski definition) is 5. The van der Waals surface area contributed by atoms with Crippen LogP contribution in [0.25, 0.3) is 5.69 Å². The molecule has 1 heterocycles. The van der Waals surface area contributed by atoms with Crippen LogP contribution in [0, 0.1) is 5.82 Å². The summed E-state index contributed by atoms with van der Waals surface area (Å²) < 4.78 is 66.7. The highest BCUT2D eigenvalue weighted by molar-refractivity contribution is 5.93. The minimum atomic E-state index is -4.74. The van der Waals surface area contributed by atoms with E-state index in [9.17, 15) is 22.8 Å². The zero-order chi connectivity index (χ0) is 24.0. The molecular formula is C21H25F4N3O4. The quantitative estimate of drug-likeness (QED) is 0.474. The van der Waals surface area contributed by atoms with Crippen molar-refractivity contribution in [2.75, 3.05) is 0 Å². The summed E-state index contributed by atoms with van der Waals surface area (Å²) in [5.41, 5.74) is -2.55. The number of ether oxygens (including phenoxy) is 2. The highest BCUT2D eigenvalue weighted by atomic mass is 19.4. The Morgan fingerprint density at radius 2 is 1.88 bits per heavy atom. The minimum Gasteiger partial charge on any atom is -0.480 e. The van der Waals surface area contributed by atoms with E-state index in [0.717, 1.165) is 30.5 Å². The molecule has 3 rings (SSSR count). The fourth-order valence-electron chi connectivity index (χ4n) is 3.06. The summed E-state index contributed by atoms with van der Waals surface area (Å²) in [5.74, 6) is -2.08. The fourth-order valence-corrected chi connectivity index (χ4v) is 3.06. The number of carbonyl (C=O) groups is 1. The Morgan fingerprint density at radius 1 is 1.25 bits per heavy atom. The van der Waals surface area contributed by atoms with Gasteiger partial charge in [0.25, 0.3) is 0 Å². The maximum absolute atomic E-state index is 15.0. The van der Waals surface area contributed by atoms with E-state index in [-0.39, 0.29) is 5.92 Å². The lowest BCUT2D eigenvalue weighted by Crippen LogP contribution is -2.32. The molecule has 0 saturated heterocycles. The van der Waals surface area contributed by atoms with Crippen LogP contribution in [-0.4, -0.2) is 38.2 Å². The van der Waals surface area contributed by atoms with Crippen molar-refractivity contribution in [2.24, 2.45) is 0 Å². The SMILES string of the molecule is CCn1c(C2CC2)nn(-c2cc(OC(C)C(F)(F)F)c(C(=O)OC(C)(C)C)cc2F)c1=O. The molecule has 1 unspecified atom stereocenters. The van der Waals surface area contributed by atoms with Gasteiger partial charge in [-0.2, -0.15) is 17.9 Å². The molecule has 32 heavy (non-hydrogen) atoms. The van der Waals surface area contributed by atoms with Crippen molar-refractivity contribution in [3.8, 4) is 11.4 Å². The van der Waals surface area contributed by atoms with E-state index in [1.807, 2.05) is 0 Å². The van der Waals surface area contributed by atoms with E-state index in [2.05, 4.69) is 5.10 Å². The molecule has 0 N–H and O–H groups in total. The molecule has 1 aliphatic rings. The van der Waals surface area contributed by atoms with Crippen LogP contribution in [-0.2, 0) is 11.3 Å². The lowest BCUT2D eigenvalue weighted by atomic mass is 10.1. The Hall–Kier alpha value is -2.85. The van der Waals surface area contributed by atoms with Gasteiger partial charge in [-0.25, -0.2) is 14.0 Å². The molecule has 0 bridgehead atoms. The summed E-state index contributed by atoms with van der Waals surface area (Å²) in [6.45, 7) is 7.48. The summed E-state index contributed by atoms with van der Waals surface area (Å²) in [6.07, 6.45) is -5.35. The molecule has 2 aromatic rings. The molecular weight excluding hydrogens is 434 g/mol. The average Bonchev–Trinajstić information content (AvgIpc) is 3.44. The number of benzene rings is 1. The largest absolute Gasteiger partial charge is 0.480 e. The van der Waals surface area contributed by atoms with Gasteiger partial charge in [-0.05, 0) is 53.5 Å². The molecule has 1 saturated carbocycles. The number of halogens is 4. The van der Waals surface area contributed by atoms with E-state index in [1.165, 1.54) is 4.57 Å². The topological polar surface area (TPSA) is 75.3 Å². The van der Waals surface area contributed by atoms with Gasteiger partial charge in [0.2, 0.25) is 0 Å². The molecule has 1 aliphatic carbocycles. The first-order chi connectivity index (χ1) is 14.7. The van der Waals surface area contributed by atoms with Crippen LogP contribution in [0.2, 0.25) is 0 Å². The number of alkyl halides is 3. The number of hydrogen-bond donors (Lipinski definition) is 0. The van der Waals surface area contributed by atoms with Gasteiger partial charge in [0.1, 0.15) is 34.2 Å². The van der Waals surface area contributed by atoms with Crippen molar-refractivity contribution >= 4 is 5.97 Å². The summed E-state index contributed by atoms with van der Waals surface area (Å²) in [6, 6.07) is 1.58. The standard InChI is InChI=1S/C21H25F4N3O4/c1-6-27-17(12-7-8-12)26-28(19(27)30)15-10-16(31-11(2)21(23,24)25)13(9-14(15)22)18(29)32-20(3,4)5/h9-12H,6-8H2,1-5H3. The van der Waals surface area contributed by atoms with Crippen LogP contribution in [0.5, 0.6) is 5.75 Å². The van der Waals surface area contributed by atoms with Gasteiger partial charge in [-0.3, -0.25) is 4.57 Å². The molecule has 0 amide bonds. The lowest BCUT2D eigenvalue weighted by molar-refractivity contribution is -0.189. The Labute approximate surface area is 181 Å². The number of rotatable bonds is 6. The van der Waals surface area contributed by atoms with Crippen molar-refractivity contribution in [1.29, 1.82) is 0 Å². The second-order valence-corrected chi connectivity index (χ2v) is 8.67. The Balaban J connectivity index is 2.14. The molecule has 7 nitrogen and oxygen atoms in total. The third-order valence-corrected chi connectivity index (χ3v) is 4.81.